The average molecular weight is 503 g/mol. The molecule has 0 fully saturated rings. The third-order valence-electron chi connectivity index (χ3n) is 6.21. The smallest absolute Gasteiger partial charge is 0.389 e. The van der Waals surface area contributed by atoms with Gasteiger partial charge in [0.15, 0.2) is 6.39 Å². The first-order chi connectivity index (χ1) is 16.9. The molecule has 0 aliphatic carbocycles. The molecule has 10 nitrogen and oxygen atoms in total. The predicted molar refractivity (Wildman–Crippen MR) is 122 cm³/mol. The van der Waals surface area contributed by atoms with Crippen LogP contribution in [0.2, 0.25) is 0 Å². The first-order valence-corrected chi connectivity index (χ1v) is 11.2. The van der Waals surface area contributed by atoms with Gasteiger partial charge in [-0.1, -0.05) is 10.4 Å². The molecule has 1 atom stereocenters. The third-order valence-corrected chi connectivity index (χ3v) is 6.21. The normalized spacial score (nSPS) is 13.8. The van der Waals surface area contributed by atoms with Crippen LogP contribution in [0, 0.1) is 13.8 Å². The lowest BCUT2D eigenvalue weighted by molar-refractivity contribution is -0.136. The zero-order chi connectivity index (χ0) is 26.0. The summed E-state index contributed by atoms with van der Waals surface area (Å²) in [5.74, 6) is 0.384. The van der Waals surface area contributed by atoms with Gasteiger partial charge >= 0.3 is 6.18 Å². The van der Waals surface area contributed by atoms with Gasteiger partial charge in [-0.25, -0.2) is 14.6 Å². The number of hydrogen-bond acceptors (Lipinski definition) is 8. The molecule has 5 heterocycles. The Bertz CT molecular complexity index is 1550. The molecule has 0 aliphatic heterocycles. The van der Waals surface area contributed by atoms with Crippen LogP contribution in [-0.2, 0) is 12.6 Å². The fourth-order valence-corrected chi connectivity index (χ4v) is 4.63. The van der Waals surface area contributed by atoms with Gasteiger partial charge in [0.25, 0.3) is 0 Å². The molecule has 5 rings (SSSR count). The Morgan fingerprint density at radius 3 is 2.50 bits per heavy atom. The molecular formula is C23H24F3N7O3. The number of fused-ring (bicyclic) bond motifs is 3. The number of aliphatic hydroxyl groups is 1. The van der Waals surface area contributed by atoms with Crippen LogP contribution in [0.25, 0.3) is 33.4 Å². The van der Waals surface area contributed by atoms with Crippen LogP contribution in [0.1, 0.15) is 55.6 Å². The fourth-order valence-electron chi connectivity index (χ4n) is 4.63. The summed E-state index contributed by atoms with van der Waals surface area (Å²) in [5, 5.41) is 23.0. The molecule has 1 N–H and O–H groups in total. The Hall–Kier alpha value is -3.74. The molecule has 190 valence electrons. The minimum Gasteiger partial charge on any atom is -0.448 e. The summed E-state index contributed by atoms with van der Waals surface area (Å²) < 4.78 is 54.5. The summed E-state index contributed by atoms with van der Waals surface area (Å²) in [6.45, 7) is 6.51. The van der Waals surface area contributed by atoms with Gasteiger partial charge in [0.1, 0.15) is 33.8 Å². The van der Waals surface area contributed by atoms with Crippen molar-refractivity contribution >= 4 is 22.1 Å². The first kappa shape index (κ1) is 24.0. The average Bonchev–Trinajstić information content (AvgIpc) is 3.53. The standard InChI is InChI=1S/C23H24F3N7O3/c1-11-18(32(5)31-29-11)13-8-15-17(27-9-13)20-19(21(30-36-20)22(3,4)34)33(15)14(6-7-23(24,25)26)16-12(2)35-10-28-16/h8-10,14,34H,6-7H2,1-5H3. The number of oxazole rings is 1. The van der Waals surface area contributed by atoms with Crippen molar-refractivity contribution in [1.29, 1.82) is 0 Å². The highest BCUT2D eigenvalue weighted by Crippen LogP contribution is 2.42. The Balaban J connectivity index is 1.86. The maximum atomic E-state index is 13.4. The van der Waals surface area contributed by atoms with E-state index in [-0.39, 0.29) is 17.7 Å². The zero-order valence-electron chi connectivity index (χ0n) is 20.3. The van der Waals surface area contributed by atoms with Crippen molar-refractivity contribution < 1.29 is 27.2 Å². The number of nitrogens with zero attached hydrogens (tertiary/aromatic N) is 7. The lowest BCUT2D eigenvalue weighted by atomic mass is 10.0. The zero-order valence-corrected chi connectivity index (χ0v) is 20.3. The van der Waals surface area contributed by atoms with Crippen molar-refractivity contribution in [3.63, 3.8) is 0 Å². The molecule has 0 radical (unpaired) electrons. The van der Waals surface area contributed by atoms with Gasteiger partial charge in [0, 0.05) is 25.2 Å². The molecule has 36 heavy (non-hydrogen) atoms. The minimum atomic E-state index is -4.40. The Morgan fingerprint density at radius 2 is 1.92 bits per heavy atom. The molecule has 0 aliphatic rings. The van der Waals surface area contributed by atoms with Gasteiger partial charge in [0.2, 0.25) is 5.58 Å². The minimum absolute atomic E-state index is 0.175. The Morgan fingerprint density at radius 1 is 1.17 bits per heavy atom. The quantitative estimate of drug-likeness (QED) is 0.353. The number of hydrogen-bond donors (Lipinski definition) is 1. The number of halogens is 3. The van der Waals surface area contributed by atoms with Crippen molar-refractivity contribution in [1.82, 2.24) is 34.7 Å². The second-order valence-corrected chi connectivity index (χ2v) is 9.34. The summed E-state index contributed by atoms with van der Waals surface area (Å²) in [6.07, 6.45) is -2.97. The monoisotopic (exact) mass is 503 g/mol. The van der Waals surface area contributed by atoms with E-state index in [9.17, 15) is 18.3 Å². The van der Waals surface area contributed by atoms with E-state index in [2.05, 4.69) is 25.4 Å². The molecule has 0 amide bonds. The molecule has 0 spiro atoms. The number of pyridine rings is 1. The molecule has 0 bridgehead atoms. The molecule has 5 aromatic heterocycles. The highest BCUT2D eigenvalue weighted by Gasteiger charge is 2.36. The van der Waals surface area contributed by atoms with E-state index >= 15 is 0 Å². The van der Waals surface area contributed by atoms with Crippen molar-refractivity contribution in [2.24, 2.45) is 7.05 Å². The number of rotatable bonds is 6. The summed E-state index contributed by atoms with van der Waals surface area (Å²) >= 11 is 0. The van der Waals surface area contributed by atoms with Gasteiger partial charge in [-0.3, -0.25) is 0 Å². The first-order valence-electron chi connectivity index (χ1n) is 11.2. The van der Waals surface area contributed by atoms with Crippen molar-refractivity contribution in [3.05, 3.63) is 41.5 Å². The van der Waals surface area contributed by atoms with E-state index in [0.717, 1.165) is 0 Å². The van der Waals surface area contributed by atoms with Crippen LogP contribution in [0.15, 0.2) is 27.6 Å². The second-order valence-electron chi connectivity index (χ2n) is 9.34. The lowest BCUT2D eigenvalue weighted by Gasteiger charge is -2.22. The van der Waals surface area contributed by atoms with Gasteiger partial charge in [-0.15, -0.1) is 5.10 Å². The topological polar surface area (TPSA) is 121 Å². The summed E-state index contributed by atoms with van der Waals surface area (Å²) in [7, 11) is 1.74. The molecule has 0 saturated heterocycles. The molecule has 0 aromatic carbocycles. The van der Waals surface area contributed by atoms with E-state index in [1.165, 1.54) is 20.2 Å². The lowest BCUT2D eigenvalue weighted by Crippen LogP contribution is -2.21. The van der Waals surface area contributed by atoms with Gasteiger partial charge in [-0.2, -0.15) is 13.2 Å². The maximum absolute atomic E-state index is 13.4. The third kappa shape index (κ3) is 3.92. The molecule has 5 aromatic rings. The van der Waals surface area contributed by atoms with Gasteiger partial charge in [-0.05, 0) is 40.2 Å². The van der Waals surface area contributed by atoms with Crippen molar-refractivity contribution in [3.8, 4) is 11.3 Å². The number of alkyl halides is 3. The highest BCUT2D eigenvalue weighted by atomic mass is 19.4. The van der Waals surface area contributed by atoms with Gasteiger partial charge < -0.3 is 18.6 Å². The maximum Gasteiger partial charge on any atom is 0.389 e. The Labute approximate surface area is 202 Å². The van der Waals surface area contributed by atoms with E-state index in [0.29, 0.717) is 45.0 Å². The molecular weight excluding hydrogens is 479 g/mol. The number of aromatic nitrogens is 7. The van der Waals surface area contributed by atoms with Crippen molar-refractivity contribution in [2.45, 2.75) is 58.4 Å². The van der Waals surface area contributed by atoms with Crippen LogP contribution in [0.3, 0.4) is 0 Å². The predicted octanol–water partition coefficient (Wildman–Crippen LogP) is 4.74. The highest BCUT2D eigenvalue weighted by molar-refractivity contribution is 6.04. The van der Waals surface area contributed by atoms with Gasteiger partial charge in [0.05, 0.1) is 22.9 Å². The van der Waals surface area contributed by atoms with Crippen LogP contribution < -0.4 is 0 Å². The van der Waals surface area contributed by atoms with E-state index in [1.54, 1.807) is 42.4 Å². The fraction of sp³-hybridized carbons (Fsp3) is 0.435. The van der Waals surface area contributed by atoms with Crippen LogP contribution in [-0.4, -0.2) is 46.0 Å². The van der Waals surface area contributed by atoms with E-state index in [4.69, 9.17) is 8.94 Å². The Kier molecular flexibility index (Phi) is 5.43. The molecule has 0 saturated carbocycles. The second kappa shape index (κ2) is 8.15. The van der Waals surface area contributed by atoms with E-state index < -0.39 is 24.2 Å². The van der Waals surface area contributed by atoms with Crippen molar-refractivity contribution in [2.75, 3.05) is 0 Å². The number of aryl methyl sites for hydroxylation is 3. The largest absolute Gasteiger partial charge is 0.448 e. The van der Waals surface area contributed by atoms with Crippen LogP contribution in [0.4, 0.5) is 13.2 Å². The molecule has 13 heteroatoms. The summed E-state index contributed by atoms with van der Waals surface area (Å²) in [4.78, 5) is 8.84. The summed E-state index contributed by atoms with van der Waals surface area (Å²) in [5.41, 5.74) is 2.59. The molecule has 1 unspecified atom stereocenters. The van der Waals surface area contributed by atoms with E-state index in [1.807, 2.05) is 0 Å². The van der Waals surface area contributed by atoms with Crippen LogP contribution in [0.5, 0.6) is 0 Å². The SMILES string of the molecule is Cc1nnn(C)c1-c1cnc2c3onc(C(C)(C)O)c3n(C(CCC(F)(F)F)c3ncoc3C)c2c1. The van der Waals surface area contributed by atoms with Crippen LogP contribution >= 0.6 is 0 Å². The summed E-state index contributed by atoms with van der Waals surface area (Å²) in [6, 6.07) is 0.891.